The first kappa shape index (κ1) is 11.5. The van der Waals surface area contributed by atoms with Gasteiger partial charge in [-0.1, -0.05) is 5.16 Å². The zero-order valence-electron chi connectivity index (χ0n) is 8.65. The van der Waals surface area contributed by atoms with Gasteiger partial charge in [0.2, 0.25) is 0 Å². The molecule has 0 aliphatic carbocycles. The molecule has 0 aromatic rings. The summed E-state index contributed by atoms with van der Waals surface area (Å²) in [6.07, 6.45) is 0. The molecule has 1 heterocycles. The van der Waals surface area contributed by atoms with Gasteiger partial charge in [-0.05, 0) is 20.8 Å². The summed E-state index contributed by atoms with van der Waals surface area (Å²) in [7, 11) is -3.05. The molecule has 1 atom stereocenters. The third-order valence-corrected chi connectivity index (χ3v) is 3.27. The number of hydrogen-bond donors (Lipinski definition) is 1. The van der Waals surface area contributed by atoms with Crippen LogP contribution in [0, 0.1) is 0 Å². The van der Waals surface area contributed by atoms with E-state index in [1.807, 2.05) is 20.8 Å². The summed E-state index contributed by atoms with van der Waals surface area (Å²) in [5.41, 5.74) is 5.59. The highest BCUT2D eigenvalue weighted by Crippen LogP contribution is 2.12. The number of sulfone groups is 1. The van der Waals surface area contributed by atoms with Crippen LogP contribution in [-0.2, 0) is 14.7 Å². The third kappa shape index (κ3) is 3.26. The van der Waals surface area contributed by atoms with Crippen LogP contribution < -0.4 is 5.73 Å². The first-order valence-corrected chi connectivity index (χ1v) is 6.23. The van der Waals surface area contributed by atoms with Crippen molar-refractivity contribution in [2.45, 2.75) is 32.4 Å². The van der Waals surface area contributed by atoms with Gasteiger partial charge < -0.3 is 10.6 Å². The van der Waals surface area contributed by atoms with Gasteiger partial charge in [0.15, 0.2) is 9.84 Å². The normalized spacial score (nSPS) is 29.4. The van der Waals surface area contributed by atoms with Crippen molar-refractivity contribution in [2.75, 3.05) is 11.5 Å². The monoisotopic (exact) mass is 220 g/mol. The fourth-order valence-electron chi connectivity index (χ4n) is 1.05. The minimum atomic E-state index is -3.05. The molecule has 1 aliphatic rings. The van der Waals surface area contributed by atoms with E-state index in [9.17, 15) is 8.42 Å². The van der Waals surface area contributed by atoms with Gasteiger partial charge in [0.05, 0.1) is 23.3 Å². The van der Waals surface area contributed by atoms with E-state index in [1.165, 1.54) is 0 Å². The van der Waals surface area contributed by atoms with E-state index in [2.05, 4.69) is 5.16 Å². The zero-order chi connectivity index (χ0) is 11.0. The van der Waals surface area contributed by atoms with E-state index in [0.717, 1.165) is 0 Å². The van der Waals surface area contributed by atoms with Gasteiger partial charge >= 0.3 is 0 Å². The van der Waals surface area contributed by atoms with Gasteiger partial charge in [0.25, 0.3) is 0 Å². The Morgan fingerprint density at radius 2 is 2.07 bits per heavy atom. The maximum atomic E-state index is 11.2. The fourth-order valence-corrected chi connectivity index (χ4v) is 2.63. The Balaban J connectivity index is 2.72. The largest absolute Gasteiger partial charge is 0.390 e. The first-order chi connectivity index (χ1) is 6.20. The molecule has 0 saturated carbocycles. The van der Waals surface area contributed by atoms with Crippen LogP contribution in [0.2, 0.25) is 0 Å². The highest BCUT2D eigenvalue weighted by Gasteiger charge is 2.32. The van der Waals surface area contributed by atoms with Crippen molar-refractivity contribution in [3.63, 3.8) is 0 Å². The molecule has 0 aromatic carbocycles. The molecule has 6 heteroatoms. The van der Waals surface area contributed by atoms with Crippen LogP contribution in [0.5, 0.6) is 0 Å². The molecule has 2 N–H and O–H groups in total. The lowest BCUT2D eigenvalue weighted by Gasteiger charge is -2.16. The maximum absolute atomic E-state index is 11.2. The standard InChI is InChI=1S/C8H16N2O3S/c1-8(2,3)13-10-7-5-14(11,12)4-6(7)9/h6H,4-5,9H2,1-3H3/b10-7-. The average molecular weight is 220 g/mol. The first-order valence-electron chi connectivity index (χ1n) is 4.40. The van der Waals surface area contributed by atoms with Gasteiger partial charge in [-0.25, -0.2) is 8.42 Å². The molecule has 1 saturated heterocycles. The smallest absolute Gasteiger partial charge is 0.157 e. The van der Waals surface area contributed by atoms with Crippen molar-refractivity contribution in [1.82, 2.24) is 0 Å². The molecule has 1 unspecified atom stereocenters. The number of nitrogens with two attached hydrogens (primary N) is 1. The van der Waals surface area contributed by atoms with E-state index in [-0.39, 0.29) is 11.5 Å². The third-order valence-electron chi connectivity index (χ3n) is 1.67. The number of hydrogen-bond acceptors (Lipinski definition) is 5. The van der Waals surface area contributed by atoms with Gasteiger partial charge in [-0.15, -0.1) is 0 Å². The summed E-state index contributed by atoms with van der Waals surface area (Å²) >= 11 is 0. The quantitative estimate of drug-likeness (QED) is 0.626. The highest BCUT2D eigenvalue weighted by molar-refractivity contribution is 7.92. The maximum Gasteiger partial charge on any atom is 0.157 e. The van der Waals surface area contributed by atoms with Crippen LogP contribution >= 0.6 is 0 Å². The Morgan fingerprint density at radius 3 is 2.43 bits per heavy atom. The Morgan fingerprint density at radius 1 is 1.50 bits per heavy atom. The van der Waals surface area contributed by atoms with Crippen molar-refractivity contribution in [3.8, 4) is 0 Å². The van der Waals surface area contributed by atoms with Gasteiger partial charge in [0.1, 0.15) is 5.60 Å². The molecule has 5 nitrogen and oxygen atoms in total. The van der Waals surface area contributed by atoms with Crippen LogP contribution in [0.1, 0.15) is 20.8 Å². The molecule has 0 radical (unpaired) electrons. The van der Waals surface area contributed by atoms with Crippen LogP contribution in [-0.4, -0.2) is 37.3 Å². The van der Waals surface area contributed by atoms with Crippen molar-refractivity contribution < 1.29 is 13.3 Å². The van der Waals surface area contributed by atoms with Gasteiger partial charge in [0, 0.05) is 0 Å². The van der Waals surface area contributed by atoms with Gasteiger partial charge in [-0.3, -0.25) is 0 Å². The minimum absolute atomic E-state index is 0.0284. The molecule has 0 amide bonds. The molecule has 14 heavy (non-hydrogen) atoms. The molecule has 1 fully saturated rings. The van der Waals surface area contributed by atoms with Crippen molar-refractivity contribution in [2.24, 2.45) is 10.9 Å². The highest BCUT2D eigenvalue weighted by atomic mass is 32.2. The van der Waals surface area contributed by atoms with E-state index in [4.69, 9.17) is 10.6 Å². The summed E-state index contributed by atoms with van der Waals surface area (Å²) in [5.74, 6) is -0.108. The molecular weight excluding hydrogens is 204 g/mol. The van der Waals surface area contributed by atoms with E-state index in [1.54, 1.807) is 0 Å². The number of oxime groups is 1. The van der Waals surface area contributed by atoms with Crippen molar-refractivity contribution in [3.05, 3.63) is 0 Å². The SMILES string of the molecule is CC(C)(C)O/N=C1/CS(=O)(=O)CC1N. The molecular formula is C8H16N2O3S. The van der Waals surface area contributed by atoms with Crippen molar-refractivity contribution in [1.29, 1.82) is 0 Å². The molecule has 1 rings (SSSR count). The van der Waals surface area contributed by atoms with Crippen LogP contribution in [0.15, 0.2) is 5.16 Å². The predicted octanol–water partition coefficient (Wildman–Crippen LogP) is -0.0868. The summed E-state index contributed by atoms with van der Waals surface area (Å²) in [6, 6.07) is -0.512. The zero-order valence-corrected chi connectivity index (χ0v) is 9.47. The van der Waals surface area contributed by atoms with Crippen LogP contribution in [0.4, 0.5) is 0 Å². The minimum Gasteiger partial charge on any atom is -0.390 e. The summed E-state index contributed by atoms with van der Waals surface area (Å²) < 4.78 is 22.3. The lowest BCUT2D eigenvalue weighted by atomic mass is 10.2. The van der Waals surface area contributed by atoms with Crippen LogP contribution in [0.25, 0.3) is 0 Å². The number of rotatable bonds is 1. The second-order valence-corrected chi connectivity index (χ2v) is 6.56. The van der Waals surface area contributed by atoms with E-state index in [0.29, 0.717) is 5.71 Å². The fraction of sp³-hybridized carbons (Fsp3) is 0.875. The van der Waals surface area contributed by atoms with Crippen molar-refractivity contribution >= 4 is 15.5 Å². The molecule has 0 aromatic heterocycles. The van der Waals surface area contributed by atoms with E-state index < -0.39 is 21.5 Å². The van der Waals surface area contributed by atoms with E-state index >= 15 is 0 Å². The van der Waals surface area contributed by atoms with Crippen LogP contribution in [0.3, 0.4) is 0 Å². The second kappa shape index (κ2) is 3.51. The average Bonchev–Trinajstić information content (AvgIpc) is 2.19. The Kier molecular flexibility index (Phi) is 2.87. The Labute approximate surface area is 84.2 Å². The molecule has 82 valence electrons. The Bertz CT molecular complexity index is 340. The summed E-state index contributed by atoms with van der Waals surface area (Å²) in [5, 5.41) is 3.78. The molecule has 0 bridgehead atoms. The Hall–Kier alpha value is -0.620. The molecule has 1 aliphatic heterocycles. The lowest BCUT2D eigenvalue weighted by molar-refractivity contribution is 0.000483. The predicted molar refractivity (Wildman–Crippen MR) is 54.9 cm³/mol. The topological polar surface area (TPSA) is 81.8 Å². The lowest BCUT2D eigenvalue weighted by Crippen LogP contribution is -2.30. The number of nitrogens with zero attached hydrogens (tertiary/aromatic N) is 1. The molecule has 0 spiro atoms. The summed E-state index contributed by atoms with van der Waals surface area (Å²) in [4.78, 5) is 5.12. The second-order valence-electron chi connectivity index (χ2n) is 4.45. The van der Waals surface area contributed by atoms with Gasteiger partial charge in [-0.2, -0.15) is 0 Å². The summed E-state index contributed by atoms with van der Waals surface area (Å²) in [6.45, 7) is 5.52.